The van der Waals surface area contributed by atoms with Gasteiger partial charge < -0.3 is 5.32 Å². The van der Waals surface area contributed by atoms with Gasteiger partial charge in [-0.25, -0.2) is 28.0 Å². The first-order chi connectivity index (χ1) is 16.5. The molecule has 1 aliphatic heterocycles. The van der Waals surface area contributed by atoms with Gasteiger partial charge in [0.05, 0.1) is 25.7 Å². The molecule has 0 unspecified atom stereocenters. The minimum absolute atomic E-state index is 0.0110. The van der Waals surface area contributed by atoms with Crippen LogP contribution in [0.25, 0.3) is 0 Å². The van der Waals surface area contributed by atoms with Crippen LogP contribution in [-0.4, -0.2) is 30.2 Å². The van der Waals surface area contributed by atoms with E-state index in [-0.39, 0.29) is 42.3 Å². The normalized spacial score (nSPS) is 14.0. The van der Waals surface area contributed by atoms with Gasteiger partial charge in [-0.3, -0.25) is 9.59 Å². The summed E-state index contributed by atoms with van der Waals surface area (Å²) in [6, 6.07) is 9.59. The molecule has 35 heavy (non-hydrogen) atoms. The van der Waals surface area contributed by atoms with E-state index in [1.165, 1.54) is 42.6 Å². The summed E-state index contributed by atoms with van der Waals surface area (Å²) in [6.45, 7) is 1.70. The number of nitrogens with zero attached hydrogens (tertiary/aromatic N) is 3. The van der Waals surface area contributed by atoms with Gasteiger partial charge in [0, 0.05) is 17.6 Å². The number of aromatic nitrogens is 2. The molecular formula is C21H13Cl4N5O4S. The molecule has 0 radical (unpaired) electrons. The van der Waals surface area contributed by atoms with Crippen molar-refractivity contribution in [2.24, 2.45) is 0 Å². The van der Waals surface area contributed by atoms with Gasteiger partial charge in [0.2, 0.25) is 5.95 Å². The topological polar surface area (TPSA) is 121 Å². The molecule has 2 aromatic carbocycles. The molecule has 0 saturated heterocycles. The Morgan fingerprint density at radius 2 is 1.54 bits per heavy atom. The summed E-state index contributed by atoms with van der Waals surface area (Å²) < 4.78 is 27.5. The van der Waals surface area contributed by atoms with Crippen LogP contribution in [0.2, 0.25) is 15.1 Å². The Labute approximate surface area is 219 Å². The van der Waals surface area contributed by atoms with E-state index in [2.05, 4.69) is 20.0 Å². The van der Waals surface area contributed by atoms with Crippen molar-refractivity contribution in [1.82, 2.24) is 9.97 Å². The van der Waals surface area contributed by atoms with E-state index in [1.54, 1.807) is 13.0 Å². The summed E-state index contributed by atoms with van der Waals surface area (Å²) in [5, 5.41) is 2.62. The first-order valence-electron chi connectivity index (χ1n) is 9.60. The number of sulfonamides is 1. The van der Waals surface area contributed by atoms with Crippen LogP contribution in [0, 0.1) is 6.92 Å². The van der Waals surface area contributed by atoms with Crippen LogP contribution in [0.3, 0.4) is 0 Å². The van der Waals surface area contributed by atoms with Gasteiger partial charge in [-0.05, 0) is 49.4 Å². The highest BCUT2D eigenvalue weighted by atomic mass is 35.5. The van der Waals surface area contributed by atoms with Crippen molar-refractivity contribution < 1.29 is 18.0 Å². The van der Waals surface area contributed by atoms with E-state index >= 15 is 0 Å². The lowest BCUT2D eigenvalue weighted by Crippen LogP contribution is -2.32. The van der Waals surface area contributed by atoms with Gasteiger partial charge in [-0.1, -0.05) is 46.4 Å². The summed E-state index contributed by atoms with van der Waals surface area (Å²) in [5.74, 6) is -1.67. The lowest BCUT2D eigenvalue weighted by atomic mass is 10.2. The molecule has 2 amide bonds. The molecule has 1 aromatic heterocycles. The van der Waals surface area contributed by atoms with E-state index < -0.39 is 21.8 Å². The van der Waals surface area contributed by atoms with Crippen LogP contribution < -0.4 is 14.9 Å². The summed E-state index contributed by atoms with van der Waals surface area (Å²) in [7, 11) is -3.97. The number of carbonyl (C=O) groups excluding carboxylic acids is 2. The van der Waals surface area contributed by atoms with Crippen molar-refractivity contribution >= 4 is 85.6 Å². The zero-order valence-electron chi connectivity index (χ0n) is 17.5. The predicted molar refractivity (Wildman–Crippen MR) is 134 cm³/mol. The largest absolute Gasteiger partial charge is 0.350 e. The Bertz CT molecular complexity index is 1510. The Morgan fingerprint density at radius 3 is 2.20 bits per heavy atom. The third-order valence-corrected chi connectivity index (χ3v) is 7.43. The second kappa shape index (κ2) is 9.63. The first kappa shape index (κ1) is 25.2. The number of nitrogens with one attached hydrogen (secondary N) is 2. The monoisotopic (exact) mass is 571 g/mol. The highest BCUT2D eigenvalue weighted by Crippen LogP contribution is 2.38. The maximum Gasteiger partial charge on any atom is 0.283 e. The molecule has 180 valence electrons. The quantitative estimate of drug-likeness (QED) is 0.315. The van der Waals surface area contributed by atoms with Crippen LogP contribution in [-0.2, 0) is 19.6 Å². The zero-order valence-corrected chi connectivity index (χ0v) is 21.4. The molecule has 0 saturated carbocycles. The van der Waals surface area contributed by atoms with Gasteiger partial charge in [0.25, 0.3) is 21.8 Å². The summed E-state index contributed by atoms with van der Waals surface area (Å²) in [4.78, 5) is 34.2. The van der Waals surface area contributed by atoms with Crippen molar-refractivity contribution in [3.63, 3.8) is 0 Å². The molecule has 3 aromatic rings. The molecule has 9 nitrogen and oxygen atoms in total. The second-order valence-corrected chi connectivity index (χ2v) is 10.4. The average Bonchev–Trinajstić information content (AvgIpc) is 2.99. The summed E-state index contributed by atoms with van der Waals surface area (Å²) in [5.41, 5.74) is 0.680. The molecule has 14 heteroatoms. The fourth-order valence-electron chi connectivity index (χ4n) is 3.05. The van der Waals surface area contributed by atoms with Crippen LogP contribution in [0.5, 0.6) is 0 Å². The maximum atomic E-state index is 13.0. The van der Waals surface area contributed by atoms with Gasteiger partial charge in [-0.2, -0.15) is 0 Å². The second-order valence-electron chi connectivity index (χ2n) is 7.13. The lowest BCUT2D eigenvalue weighted by Gasteiger charge is -2.17. The molecule has 4 rings (SSSR count). The molecular weight excluding hydrogens is 560 g/mol. The van der Waals surface area contributed by atoms with E-state index in [9.17, 15) is 18.0 Å². The average molecular weight is 573 g/mol. The smallest absolute Gasteiger partial charge is 0.283 e. The molecule has 2 N–H and O–H groups in total. The minimum Gasteiger partial charge on any atom is -0.350 e. The fourth-order valence-corrected chi connectivity index (χ4v) is 4.84. The molecule has 2 heterocycles. The number of halogens is 4. The lowest BCUT2D eigenvalue weighted by molar-refractivity contribution is -0.120. The predicted octanol–water partition coefficient (Wildman–Crippen LogP) is 4.98. The van der Waals surface area contributed by atoms with Crippen LogP contribution >= 0.6 is 46.4 Å². The highest BCUT2D eigenvalue weighted by Gasteiger charge is 2.40. The third kappa shape index (κ3) is 5.07. The van der Waals surface area contributed by atoms with Crippen molar-refractivity contribution in [3.8, 4) is 0 Å². The van der Waals surface area contributed by atoms with E-state index in [0.717, 1.165) is 4.90 Å². The number of amides is 2. The Balaban J connectivity index is 1.55. The van der Waals surface area contributed by atoms with E-state index in [1.807, 2.05) is 0 Å². The first-order valence-corrected chi connectivity index (χ1v) is 12.6. The number of anilines is 3. The number of hydrogen-bond donors (Lipinski definition) is 2. The summed E-state index contributed by atoms with van der Waals surface area (Å²) >= 11 is 24.2. The number of carbonyl (C=O) groups is 2. The van der Waals surface area contributed by atoms with Crippen molar-refractivity contribution in [3.05, 3.63) is 80.2 Å². The molecule has 0 atom stereocenters. The molecule has 0 fully saturated rings. The summed E-state index contributed by atoms with van der Waals surface area (Å²) in [6.07, 6.45) is 1.43. The van der Waals surface area contributed by atoms with E-state index in [4.69, 9.17) is 46.4 Å². The number of aryl methyl sites for hydroxylation is 1. The van der Waals surface area contributed by atoms with Crippen LogP contribution in [0.1, 0.15) is 5.69 Å². The Morgan fingerprint density at radius 1 is 0.886 bits per heavy atom. The van der Waals surface area contributed by atoms with Gasteiger partial charge in [0.1, 0.15) is 10.7 Å². The fraction of sp³-hybridized carbons (Fsp3) is 0.0476. The van der Waals surface area contributed by atoms with E-state index in [0.29, 0.717) is 11.4 Å². The van der Waals surface area contributed by atoms with Gasteiger partial charge >= 0.3 is 0 Å². The third-order valence-electron chi connectivity index (χ3n) is 4.71. The molecule has 0 spiro atoms. The van der Waals surface area contributed by atoms with Gasteiger partial charge in [0.15, 0.2) is 0 Å². The standard InChI is InChI=1S/C21H13Cl4N5O4S/c1-10-6-7-26-21(27-10)29-35(33,34)12-4-2-11(3-5-12)28-18-17(25)19(31)30(20(18)32)16-9-14(23)13(22)8-15(16)24/h2-9,28H,1H3,(H,26,27,29). The molecule has 0 bridgehead atoms. The number of imide groups is 1. The Kier molecular flexibility index (Phi) is 6.94. The highest BCUT2D eigenvalue weighted by molar-refractivity contribution is 7.92. The SMILES string of the molecule is Cc1ccnc(NS(=O)(=O)c2ccc(NC3=C(Cl)C(=O)N(c4cc(Cl)c(Cl)cc4Cl)C3=O)cc2)n1. The maximum absolute atomic E-state index is 13.0. The van der Waals surface area contributed by atoms with Crippen molar-refractivity contribution in [2.75, 3.05) is 14.9 Å². The number of hydrogen-bond acceptors (Lipinski definition) is 7. The number of rotatable bonds is 6. The molecule has 0 aliphatic carbocycles. The van der Waals surface area contributed by atoms with Crippen molar-refractivity contribution in [1.29, 1.82) is 0 Å². The van der Waals surface area contributed by atoms with Crippen LogP contribution in [0.4, 0.5) is 17.3 Å². The zero-order chi connectivity index (χ0) is 25.5. The molecule has 1 aliphatic rings. The van der Waals surface area contributed by atoms with Crippen LogP contribution in [0.15, 0.2) is 64.3 Å². The van der Waals surface area contributed by atoms with Crippen molar-refractivity contribution in [2.45, 2.75) is 11.8 Å². The minimum atomic E-state index is -3.97. The Hall–Kier alpha value is -2.89. The van der Waals surface area contributed by atoms with Gasteiger partial charge in [-0.15, -0.1) is 0 Å². The number of benzene rings is 2.